The van der Waals surface area contributed by atoms with Crippen LogP contribution in [0.4, 0.5) is 0 Å². The smallest absolute Gasteiger partial charge is 0.243 e. The van der Waals surface area contributed by atoms with Crippen LogP contribution in [-0.4, -0.2) is 55.8 Å². The van der Waals surface area contributed by atoms with Crippen LogP contribution in [-0.2, 0) is 14.8 Å². The van der Waals surface area contributed by atoms with Gasteiger partial charge in [0, 0.05) is 31.6 Å². The fourth-order valence-corrected chi connectivity index (χ4v) is 8.89. The summed E-state index contributed by atoms with van der Waals surface area (Å²) in [6.07, 6.45) is 8.76. The van der Waals surface area contributed by atoms with E-state index >= 15 is 0 Å². The minimum absolute atomic E-state index is 0.0717. The van der Waals surface area contributed by atoms with Gasteiger partial charge in [0.1, 0.15) is 0 Å². The zero-order valence-electron chi connectivity index (χ0n) is 22.4. The van der Waals surface area contributed by atoms with Crippen molar-refractivity contribution in [3.63, 3.8) is 0 Å². The molecule has 0 radical (unpaired) electrons. The van der Waals surface area contributed by atoms with Gasteiger partial charge in [-0.05, 0) is 100 Å². The van der Waals surface area contributed by atoms with E-state index in [0.29, 0.717) is 42.4 Å². The predicted molar refractivity (Wildman–Crippen MR) is 156 cm³/mol. The third kappa shape index (κ3) is 6.82. The van der Waals surface area contributed by atoms with Crippen LogP contribution in [0.15, 0.2) is 53.4 Å². The van der Waals surface area contributed by atoms with Gasteiger partial charge < -0.3 is 5.32 Å². The maximum Gasteiger partial charge on any atom is 0.243 e. The van der Waals surface area contributed by atoms with E-state index in [4.69, 9.17) is 23.2 Å². The maximum atomic E-state index is 13.3. The zero-order chi connectivity index (χ0) is 27.4. The van der Waals surface area contributed by atoms with E-state index in [-0.39, 0.29) is 28.3 Å². The lowest BCUT2D eigenvalue weighted by Gasteiger charge is -2.39. The molecule has 3 aliphatic rings. The molecule has 0 aromatic heterocycles. The van der Waals surface area contributed by atoms with E-state index < -0.39 is 10.0 Å². The van der Waals surface area contributed by atoms with Crippen molar-refractivity contribution in [2.75, 3.05) is 26.2 Å². The van der Waals surface area contributed by atoms with Crippen LogP contribution in [0.3, 0.4) is 0 Å². The molecule has 2 unspecified atom stereocenters. The SMILES string of the molecule is O=C(CC1CCCN1S(=O)(=O)c1ccc(Cl)c(Cl)c1)NCC1CCC(C(c2ccccc2)N2CCCC2)CC1. The summed E-state index contributed by atoms with van der Waals surface area (Å²) < 4.78 is 28.0. The summed E-state index contributed by atoms with van der Waals surface area (Å²) in [6, 6.07) is 15.5. The number of carbonyl (C=O) groups excluding carboxylic acids is 1. The van der Waals surface area contributed by atoms with Crippen molar-refractivity contribution in [1.29, 1.82) is 0 Å². The highest BCUT2D eigenvalue weighted by Crippen LogP contribution is 2.41. The molecular weight excluding hydrogens is 553 g/mol. The molecule has 1 N–H and O–H groups in total. The molecule has 2 aliphatic heterocycles. The van der Waals surface area contributed by atoms with Gasteiger partial charge in [-0.25, -0.2) is 8.42 Å². The average Bonchev–Trinajstić information content (AvgIpc) is 3.64. The van der Waals surface area contributed by atoms with Crippen LogP contribution in [0.1, 0.15) is 69.4 Å². The lowest BCUT2D eigenvalue weighted by Crippen LogP contribution is -2.40. The van der Waals surface area contributed by atoms with Crippen LogP contribution in [0.2, 0.25) is 10.0 Å². The van der Waals surface area contributed by atoms with Gasteiger partial charge in [0.25, 0.3) is 0 Å². The Morgan fingerprint density at radius 2 is 1.62 bits per heavy atom. The van der Waals surface area contributed by atoms with Gasteiger partial charge in [0.15, 0.2) is 0 Å². The summed E-state index contributed by atoms with van der Waals surface area (Å²) in [7, 11) is -3.75. The van der Waals surface area contributed by atoms with Crippen molar-refractivity contribution in [3.8, 4) is 0 Å². The molecule has 212 valence electrons. The highest BCUT2D eigenvalue weighted by atomic mass is 35.5. The van der Waals surface area contributed by atoms with E-state index in [2.05, 4.69) is 40.5 Å². The molecule has 2 heterocycles. The number of sulfonamides is 1. The molecule has 3 fully saturated rings. The van der Waals surface area contributed by atoms with E-state index in [1.54, 1.807) is 0 Å². The molecule has 2 saturated heterocycles. The first-order chi connectivity index (χ1) is 18.8. The second-order valence-electron chi connectivity index (χ2n) is 11.4. The van der Waals surface area contributed by atoms with E-state index in [0.717, 1.165) is 19.3 Å². The molecule has 2 aromatic carbocycles. The minimum Gasteiger partial charge on any atom is -0.356 e. The van der Waals surface area contributed by atoms with Gasteiger partial charge in [-0.15, -0.1) is 0 Å². The lowest BCUT2D eigenvalue weighted by atomic mass is 9.76. The molecule has 6 nitrogen and oxygen atoms in total. The Labute approximate surface area is 243 Å². The Bertz CT molecular complexity index is 1230. The Morgan fingerprint density at radius 1 is 0.897 bits per heavy atom. The van der Waals surface area contributed by atoms with Gasteiger partial charge in [0.2, 0.25) is 15.9 Å². The van der Waals surface area contributed by atoms with Crippen LogP contribution >= 0.6 is 23.2 Å². The van der Waals surface area contributed by atoms with Gasteiger partial charge in [-0.2, -0.15) is 4.31 Å². The molecule has 5 rings (SSSR count). The summed E-state index contributed by atoms with van der Waals surface area (Å²) in [4.78, 5) is 15.7. The monoisotopic (exact) mass is 591 g/mol. The normalized spacial score (nSPS) is 25.5. The maximum absolute atomic E-state index is 13.3. The minimum atomic E-state index is -3.75. The fourth-order valence-electron chi connectivity index (χ4n) is 6.81. The number of nitrogens with zero attached hydrogens (tertiary/aromatic N) is 2. The van der Waals surface area contributed by atoms with Crippen molar-refractivity contribution in [1.82, 2.24) is 14.5 Å². The van der Waals surface area contributed by atoms with Gasteiger partial charge in [-0.1, -0.05) is 53.5 Å². The summed E-state index contributed by atoms with van der Waals surface area (Å²) >= 11 is 12.0. The number of likely N-dealkylation sites (tertiary alicyclic amines) is 1. The Morgan fingerprint density at radius 3 is 2.31 bits per heavy atom. The first-order valence-electron chi connectivity index (χ1n) is 14.4. The van der Waals surface area contributed by atoms with Crippen molar-refractivity contribution in [2.45, 2.75) is 74.8 Å². The van der Waals surface area contributed by atoms with E-state index in [1.807, 2.05) is 0 Å². The molecule has 2 aromatic rings. The summed E-state index contributed by atoms with van der Waals surface area (Å²) in [6.45, 7) is 3.45. The first-order valence-corrected chi connectivity index (χ1v) is 16.5. The number of halogens is 2. The topological polar surface area (TPSA) is 69.7 Å². The van der Waals surface area contributed by atoms with Crippen molar-refractivity contribution in [2.24, 2.45) is 11.8 Å². The molecule has 0 bridgehead atoms. The molecule has 1 saturated carbocycles. The number of nitrogens with one attached hydrogen (secondary N) is 1. The van der Waals surface area contributed by atoms with Gasteiger partial charge >= 0.3 is 0 Å². The third-order valence-corrected chi connectivity index (χ3v) is 11.5. The molecule has 2 atom stereocenters. The first kappa shape index (κ1) is 28.9. The second kappa shape index (κ2) is 12.9. The summed E-state index contributed by atoms with van der Waals surface area (Å²) in [5.74, 6) is 1.05. The quantitative estimate of drug-likeness (QED) is 0.371. The predicted octanol–water partition coefficient (Wildman–Crippen LogP) is 6.30. The molecule has 0 spiro atoms. The number of hydrogen-bond donors (Lipinski definition) is 1. The van der Waals surface area contributed by atoms with Crippen LogP contribution in [0, 0.1) is 11.8 Å². The van der Waals surface area contributed by atoms with E-state index in [1.165, 1.54) is 66.8 Å². The number of amides is 1. The largest absolute Gasteiger partial charge is 0.356 e. The molecule has 1 amide bonds. The summed E-state index contributed by atoms with van der Waals surface area (Å²) in [5, 5.41) is 3.65. The van der Waals surface area contributed by atoms with Crippen molar-refractivity contribution in [3.05, 3.63) is 64.1 Å². The number of hydrogen-bond acceptors (Lipinski definition) is 4. The molecule has 1 aliphatic carbocycles. The Kier molecular flexibility index (Phi) is 9.55. The highest BCUT2D eigenvalue weighted by Gasteiger charge is 2.37. The number of carbonyl (C=O) groups is 1. The van der Waals surface area contributed by atoms with Crippen molar-refractivity contribution < 1.29 is 13.2 Å². The van der Waals surface area contributed by atoms with E-state index in [9.17, 15) is 13.2 Å². The Hall–Kier alpha value is -1.64. The third-order valence-electron chi connectivity index (χ3n) is 8.84. The number of rotatable bonds is 9. The second-order valence-corrected chi connectivity index (χ2v) is 14.1. The number of benzene rings is 2. The van der Waals surface area contributed by atoms with Gasteiger partial charge in [0.05, 0.1) is 14.9 Å². The van der Waals surface area contributed by atoms with Crippen LogP contribution in [0.5, 0.6) is 0 Å². The highest BCUT2D eigenvalue weighted by molar-refractivity contribution is 7.89. The molecule has 39 heavy (non-hydrogen) atoms. The van der Waals surface area contributed by atoms with Crippen LogP contribution < -0.4 is 5.32 Å². The fraction of sp³-hybridized carbons (Fsp3) is 0.567. The molecular formula is C30H39Cl2N3O3S. The average molecular weight is 593 g/mol. The van der Waals surface area contributed by atoms with Crippen LogP contribution in [0.25, 0.3) is 0 Å². The van der Waals surface area contributed by atoms with Crippen molar-refractivity contribution >= 4 is 39.1 Å². The zero-order valence-corrected chi connectivity index (χ0v) is 24.7. The van der Waals surface area contributed by atoms with Gasteiger partial charge in [-0.3, -0.25) is 9.69 Å². The Balaban J connectivity index is 1.12. The lowest BCUT2D eigenvalue weighted by molar-refractivity contribution is -0.122. The standard InChI is InChI=1S/C30H39Cl2N3O3S/c31-27-15-14-26(20-28(27)32)39(37,38)35-18-6-9-25(35)19-29(36)33-21-22-10-12-24(13-11-22)30(34-16-4-5-17-34)23-7-2-1-3-8-23/h1-3,7-8,14-15,20,22,24-25,30H,4-6,9-13,16-19,21H2,(H,33,36). The molecule has 9 heteroatoms. The summed E-state index contributed by atoms with van der Waals surface area (Å²) in [5.41, 5.74) is 1.44.